The maximum Gasteiger partial charge on any atom is 0.419 e. The van der Waals surface area contributed by atoms with Gasteiger partial charge < -0.3 is 18.8 Å². The summed E-state index contributed by atoms with van der Waals surface area (Å²) in [6, 6.07) is 12.6. The SMILES string of the molecule is O=C(c1ccc2c(c1)OCCO2)C1CCN(C(=O)CCCn2c(=O)oc3ccccc32)CC1. The van der Waals surface area contributed by atoms with Gasteiger partial charge in [-0.25, -0.2) is 4.79 Å². The molecule has 0 N–H and O–H groups in total. The number of aromatic nitrogens is 1. The standard InChI is InChI=1S/C25H26N2O6/c28-23(6-3-11-27-19-4-1-2-5-20(19)33-25(27)30)26-12-9-17(10-13-26)24(29)18-7-8-21-22(16-18)32-15-14-31-21/h1-2,4-5,7-8,16-17H,3,6,9-15H2. The van der Waals surface area contributed by atoms with Gasteiger partial charge in [0.15, 0.2) is 22.9 Å². The summed E-state index contributed by atoms with van der Waals surface area (Å²) in [7, 11) is 0. The van der Waals surface area contributed by atoms with Crippen LogP contribution in [0.4, 0.5) is 0 Å². The maximum absolute atomic E-state index is 13.0. The second-order valence-corrected chi connectivity index (χ2v) is 8.47. The van der Waals surface area contributed by atoms with Gasteiger partial charge >= 0.3 is 5.76 Å². The van der Waals surface area contributed by atoms with E-state index in [1.54, 1.807) is 28.8 Å². The van der Waals surface area contributed by atoms with Crippen LogP contribution in [0, 0.1) is 5.92 Å². The summed E-state index contributed by atoms with van der Waals surface area (Å²) in [6.07, 6.45) is 2.20. The van der Waals surface area contributed by atoms with E-state index in [9.17, 15) is 14.4 Å². The molecule has 2 aliphatic rings. The van der Waals surface area contributed by atoms with E-state index < -0.39 is 5.76 Å². The number of benzene rings is 2. The largest absolute Gasteiger partial charge is 0.486 e. The topological polar surface area (TPSA) is 91.0 Å². The van der Waals surface area contributed by atoms with E-state index in [0.29, 0.717) is 81.2 Å². The monoisotopic (exact) mass is 450 g/mol. The Morgan fingerprint density at radius 2 is 1.73 bits per heavy atom. The molecule has 1 fully saturated rings. The number of likely N-dealkylation sites (tertiary alicyclic amines) is 1. The highest BCUT2D eigenvalue weighted by Gasteiger charge is 2.28. The molecule has 0 aliphatic carbocycles. The lowest BCUT2D eigenvalue weighted by Gasteiger charge is -2.31. The number of hydrogen-bond acceptors (Lipinski definition) is 6. The summed E-state index contributed by atoms with van der Waals surface area (Å²) in [4.78, 5) is 39.5. The number of hydrogen-bond donors (Lipinski definition) is 0. The van der Waals surface area contributed by atoms with Crippen molar-refractivity contribution in [3.63, 3.8) is 0 Å². The predicted octanol–water partition coefficient (Wildman–Crippen LogP) is 3.27. The summed E-state index contributed by atoms with van der Waals surface area (Å²) in [5, 5.41) is 0. The van der Waals surface area contributed by atoms with Crippen LogP contribution in [0.25, 0.3) is 11.1 Å². The van der Waals surface area contributed by atoms with Crippen molar-refractivity contribution in [2.24, 2.45) is 5.92 Å². The number of amides is 1. The Morgan fingerprint density at radius 1 is 0.970 bits per heavy atom. The third-order valence-electron chi connectivity index (χ3n) is 6.39. The first-order chi connectivity index (χ1) is 16.1. The number of carbonyl (C=O) groups excluding carboxylic acids is 2. The van der Waals surface area contributed by atoms with Crippen molar-refractivity contribution in [2.45, 2.75) is 32.2 Å². The van der Waals surface area contributed by atoms with E-state index in [4.69, 9.17) is 13.9 Å². The highest BCUT2D eigenvalue weighted by molar-refractivity contribution is 5.98. The van der Waals surface area contributed by atoms with Crippen LogP contribution < -0.4 is 15.2 Å². The third kappa shape index (κ3) is 4.37. The Morgan fingerprint density at radius 3 is 2.55 bits per heavy atom. The van der Waals surface area contributed by atoms with Crippen LogP contribution in [0.1, 0.15) is 36.0 Å². The molecule has 172 valence electrons. The average Bonchev–Trinajstić information content (AvgIpc) is 3.18. The number of fused-ring (bicyclic) bond motifs is 2. The molecule has 33 heavy (non-hydrogen) atoms. The number of rotatable bonds is 6. The molecule has 1 amide bonds. The van der Waals surface area contributed by atoms with Gasteiger partial charge in [0.05, 0.1) is 5.52 Å². The number of carbonyl (C=O) groups is 2. The molecule has 0 radical (unpaired) electrons. The molecule has 0 spiro atoms. The van der Waals surface area contributed by atoms with Crippen LogP contribution in [0.5, 0.6) is 11.5 Å². The molecule has 1 aromatic heterocycles. The van der Waals surface area contributed by atoms with Gasteiger partial charge in [0.2, 0.25) is 5.91 Å². The highest BCUT2D eigenvalue weighted by atomic mass is 16.6. The number of ketones is 1. The summed E-state index contributed by atoms with van der Waals surface area (Å²) in [6.45, 7) is 2.56. The summed E-state index contributed by atoms with van der Waals surface area (Å²) in [5.41, 5.74) is 1.92. The van der Waals surface area contributed by atoms with Gasteiger partial charge in [-0.05, 0) is 49.6 Å². The maximum atomic E-state index is 13.0. The zero-order chi connectivity index (χ0) is 22.8. The first kappa shape index (κ1) is 21.3. The van der Waals surface area contributed by atoms with E-state index in [1.165, 1.54) is 0 Å². The van der Waals surface area contributed by atoms with Crippen LogP contribution in [-0.2, 0) is 11.3 Å². The third-order valence-corrected chi connectivity index (χ3v) is 6.39. The molecule has 0 unspecified atom stereocenters. The van der Waals surface area contributed by atoms with E-state index in [-0.39, 0.29) is 17.6 Å². The molecule has 2 aliphatic heterocycles. The van der Waals surface area contributed by atoms with E-state index in [1.807, 2.05) is 23.1 Å². The number of Topliss-reactive ketones (excluding diaryl/α,β-unsaturated/α-hetero) is 1. The molecule has 3 heterocycles. The van der Waals surface area contributed by atoms with Crippen LogP contribution in [-0.4, -0.2) is 47.5 Å². The molecule has 8 heteroatoms. The molecular formula is C25H26N2O6. The van der Waals surface area contributed by atoms with Crippen molar-refractivity contribution in [3.8, 4) is 11.5 Å². The van der Waals surface area contributed by atoms with Gasteiger partial charge in [0, 0.05) is 37.5 Å². The van der Waals surface area contributed by atoms with Crippen molar-refractivity contribution in [2.75, 3.05) is 26.3 Å². The Hall–Kier alpha value is -3.55. The fourth-order valence-corrected chi connectivity index (χ4v) is 4.60. The van der Waals surface area contributed by atoms with E-state index in [2.05, 4.69) is 0 Å². The lowest BCUT2D eigenvalue weighted by molar-refractivity contribution is -0.132. The number of piperidine rings is 1. The lowest BCUT2D eigenvalue weighted by Crippen LogP contribution is -2.40. The second kappa shape index (κ2) is 9.13. The molecule has 0 saturated carbocycles. The van der Waals surface area contributed by atoms with Gasteiger partial charge in [-0.1, -0.05) is 12.1 Å². The van der Waals surface area contributed by atoms with E-state index in [0.717, 1.165) is 5.52 Å². The van der Waals surface area contributed by atoms with Crippen LogP contribution in [0.3, 0.4) is 0 Å². The predicted molar refractivity (Wildman–Crippen MR) is 121 cm³/mol. The summed E-state index contributed by atoms with van der Waals surface area (Å²) in [5.74, 6) is 0.925. The first-order valence-electron chi connectivity index (χ1n) is 11.4. The lowest BCUT2D eigenvalue weighted by atomic mass is 9.88. The smallest absolute Gasteiger partial charge is 0.419 e. The minimum absolute atomic E-state index is 0.0566. The van der Waals surface area contributed by atoms with E-state index >= 15 is 0 Å². The Balaban J connectivity index is 1.12. The first-order valence-corrected chi connectivity index (χ1v) is 11.4. The molecule has 8 nitrogen and oxygen atoms in total. The van der Waals surface area contributed by atoms with Crippen molar-refractivity contribution in [3.05, 3.63) is 58.6 Å². The van der Waals surface area contributed by atoms with Crippen LogP contribution >= 0.6 is 0 Å². The van der Waals surface area contributed by atoms with Crippen molar-refractivity contribution >= 4 is 22.8 Å². The van der Waals surface area contributed by atoms with Crippen LogP contribution in [0.2, 0.25) is 0 Å². The Labute approximate surface area is 190 Å². The van der Waals surface area contributed by atoms with Crippen molar-refractivity contribution in [1.29, 1.82) is 0 Å². The second-order valence-electron chi connectivity index (χ2n) is 8.47. The zero-order valence-corrected chi connectivity index (χ0v) is 18.3. The molecule has 0 bridgehead atoms. The number of para-hydroxylation sites is 2. The fraction of sp³-hybridized carbons (Fsp3) is 0.400. The van der Waals surface area contributed by atoms with Crippen LogP contribution in [0.15, 0.2) is 51.7 Å². The fourth-order valence-electron chi connectivity index (χ4n) is 4.60. The molecule has 2 aromatic carbocycles. The molecule has 5 rings (SSSR count). The normalized spacial score (nSPS) is 16.2. The molecular weight excluding hydrogens is 424 g/mol. The minimum atomic E-state index is -0.401. The Bertz CT molecular complexity index is 1240. The quantitative estimate of drug-likeness (QED) is 0.536. The van der Waals surface area contributed by atoms with Gasteiger partial charge in [0.25, 0.3) is 0 Å². The minimum Gasteiger partial charge on any atom is -0.486 e. The molecule has 0 atom stereocenters. The Kier molecular flexibility index (Phi) is 5.90. The number of oxazole rings is 1. The zero-order valence-electron chi connectivity index (χ0n) is 18.3. The summed E-state index contributed by atoms with van der Waals surface area (Å²) >= 11 is 0. The van der Waals surface area contributed by atoms with Crippen molar-refractivity contribution < 1.29 is 23.5 Å². The van der Waals surface area contributed by atoms with Gasteiger partial charge in [-0.2, -0.15) is 0 Å². The number of aryl methyl sites for hydroxylation is 1. The number of nitrogens with zero attached hydrogens (tertiary/aromatic N) is 2. The van der Waals surface area contributed by atoms with Crippen molar-refractivity contribution in [1.82, 2.24) is 9.47 Å². The molecule has 3 aromatic rings. The summed E-state index contributed by atoms with van der Waals surface area (Å²) < 4.78 is 17.9. The van der Waals surface area contributed by atoms with Gasteiger partial charge in [0.1, 0.15) is 13.2 Å². The highest BCUT2D eigenvalue weighted by Crippen LogP contribution is 2.32. The van der Waals surface area contributed by atoms with Gasteiger partial charge in [-0.3, -0.25) is 14.2 Å². The average molecular weight is 450 g/mol. The number of ether oxygens (including phenoxy) is 2. The molecule has 1 saturated heterocycles. The van der Waals surface area contributed by atoms with Gasteiger partial charge in [-0.15, -0.1) is 0 Å².